The summed E-state index contributed by atoms with van der Waals surface area (Å²) in [5.74, 6) is -1.45. The molecular weight excluding hydrogens is 266 g/mol. The summed E-state index contributed by atoms with van der Waals surface area (Å²) in [7, 11) is 0. The second-order valence-electron chi connectivity index (χ2n) is 4.15. The van der Waals surface area contributed by atoms with Crippen LogP contribution in [0.15, 0.2) is 29.6 Å². The normalized spacial score (nSPS) is 17.3. The molecule has 0 radical (unpaired) electrons. The summed E-state index contributed by atoms with van der Waals surface area (Å²) in [5.41, 5.74) is 1.66. The summed E-state index contributed by atoms with van der Waals surface area (Å²) in [6.07, 6.45) is 0.314. The molecule has 0 saturated heterocycles. The number of benzene rings is 1. The van der Waals surface area contributed by atoms with Crippen LogP contribution in [0.1, 0.15) is 16.1 Å². The number of aliphatic carboxylic acids is 1. The molecule has 1 aromatic heterocycles. The Morgan fingerprint density at radius 1 is 1.37 bits per heavy atom. The first kappa shape index (κ1) is 11.8. The molecule has 0 aliphatic carbocycles. The topological polar surface area (TPSA) is 83.4 Å². The molecule has 3 rings (SSSR count). The van der Waals surface area contributed by atoms with Crippen LogP contribution in [0, 0.1) is 0 Å². The highest BCUT2D eigenvalue weighted by molar-refractivity contribution is 7.03. The Morgan fingerprint density at radius 3 is 2.84 bits per heavy atom. The number of rotatable bonds is 2. The fraction of sp³-hybridized carbons (Fsp3) is 0.167. The summed E-state index contributed by atoms with van der Waals surface area (Å²) in [6, 6.07) is 6.30. The maximum absolute atomic E-state index is 12.4. The minimum absolute atomic E-state index is 0.174. The number of hydrogen-bond acceptors (Lipinski definition) is 5. The summed E-state index contributed by atoms with van der Waals surface area (Å²) in [6.45, 7) is 0. The highest BCUT2D eigenvalue weighted by Gasteiger charge is 2.39. The van der Waals surface area contributed by atoms with E-state index in [9.17, 15) is 14.7 Å². The van der Waals surface area contributed by atoms with E-state index < -0.39 is 17.9 Å². The smallest absolute Gasteiger partial charge is 0.327 e. The van der Waals surface area contributed by atoms with Crippen LogP contribution >= 0.6 is 11.5 Å². The van der Waals surface area contributed by atoms with Gasteiger partial charge in [-0.25, -0.2) is 4.79 Å². The fourth-order valence-electron chi connectivity index (χ4n) is 2.22. The predicted molar refractivity (Wildman–Crippen MR) is 68.3 cm³/mol. The van der Waals surface area contributed by atoms with E-state index in [-0.39, 0.29) is 5.69 Å². The predicted octanol–water partition coefficient (Wildman–Crippen LogP) is 1.19. The van der Waals surface area contributed by atoms with Gasteiger partial charge in [0.15, 0.2) is 5.69 Å². The van der Waals surface area contributed by atoms with Crippen molar-refractivity contribution in [3.63, 3.8) is 0 Å². The molecular formula is C12H9N3O3S. The minimum Gasteiger partial charge on any atom is -0.480 e. The molecule has 2 heterocycles. The van der Waals surface area contributed by atoms with E-state index in [0.29, 0.717) is 12.1 Å². The second-order valence-corrected chi connectivity index (χ2v) is 4.76. The lowest BCUT2D eigenvalue weighted by atomic mass is 10.1. The average Bonchev–Trinajstić information content (AvgIpc) is 3.05. The first-order valence-corrected chi connectivity index (χ1v) is 6.43. The van der Waals surface area contributed by atoms with Gasteiger partial charge >= 0.3 is 5.97 Å². The van der Waals surface area contributed by atoms with Crippen LogP contribution in [0.5, 0.6) is 0 Å². The molecule has 96 valence electrons. The average molecular weight is 275 g/mol. The van der Waals surface area contributed by atoms with Crippen molar-refractivity contribution in [1.82, 2.24) is 9.59 Å². The number of carboxylic acids is 1. The number of aromatic nitrogens is 2. The Labute approximate surface area is 112 Å². The van der Waals surface area contributed by atoms with E-state index in [0.717, 1.165) is 17.1 Å². The van der Waals surface area contributed by atoms with Gasteiger partial charge in [0.1, 0.15) is 6.04 Å². The lowest BCUT2D eigenvalue weighted by Gasteiger charge is -2.21. The van der Waals surface area contributed by atoms with E-state index in [4.69, 9.17) is 0 Å². The number of anilines is 1. The van der Waals surface area contributed by atoms with E-state index in [1.165, 1.54) is 10.3 Å². The van der Waals surface area contributed by atoms with Gasteiger partial charge in [0.25, 0.3) is 5.91 Å². The van der Waals surface area contributed by atoms with Crippen molar-refractivity contribution in [2.45, 2.75) is 12.5 Å². The first-order chi connectivity index (χ1) is 9.18. The van der Waals surface area contributed by atoms with Gasteiger partial charge < -0.3 is 5.11 Å². The van der Waals surface area contributed by atoms with Gasteiger partial charge in [-0.15, -0.1) is 5.10 Å². The van der Waals surface area contributed by atoms with E-state index >= 15 is 0 Å². The zero-order valence-electron chi connectivity index (χ0n) is 9.68. The van der Waals surface area contributed by atoms with Crippen LogP contribution in [-0.4, -0.2) is 32.6 Å². The standard InChI is InChI=1S/C12H9N3O3S/c16-11(8-6-19-14-13-8)15-9-4-2-1-3-7(9)5-10(15)12(17)18/h1-4,6,10H,5H2,(H,17,18). The van der Waals surface area contributed by atoms with Gasteiger partial charge in [-0.2, -0.15) is 0 Å². The van der Waals surface area contributed by atoms with Crippen molar-refractivity contribution in [3.8, 4) is 0 Å². The zero-order chi connectivity index (χ0) is 13.4. The summed E-state index contributed by atoms with van der Waals surface area (Å²) in [4.78, 5) is 25.0. The molecule has 19 heavy (non-hydrogen) atoms. The van der Waals surface area contributed by atoms with Gasteiger partial charge in [-0.1, -0.05) is 22.7 Å². The summed E-state index contributed by atoms with van der Waals surface area (Å²) >= 11 is 1.06. The molecule has 1 N–H and O–H groups in total. The molecule has 0 saturated carbocycles. The number of para-hydroxylation sites is 1. The third kappa shape index (κ3) is 1.88. The SMILES string of the molecule is O=C(O)C1Cc2ccccc2N1C(=O)c1csnn1. The van der Waals surface area contributed by atoms with Crippen molar-refractivity contribution < 1.29 is 14.7 Å². The molecule has 1 aromatic carbocycles. The summed E-state index contributed by atoms with van der Waals surface area (Å²) in [5, 5.41) is 14.5. The van der Waals surface area contributed by atoms with E-state index in [2.05, 4.69) is 9.59 Å². The van der Waals surface area contributed by atoms with Crippen molar-refractivity contribution in [2.24, 2.45) is 0 Å². The van der Waals surface area contributed by atoms with E-state index in [1.807, 2.05) is 12.1 Å². The Morgan fingerprint density at radius 2 is 2.16 bits per heavy atom. The number of fused-ring (bicyclic) bond motifs is 1. The van der Waals surface area contributed by atoms with Gasteiger partial charge in [0.2, 0.25) is 0 Å². The van der Waals surface area contributed by atoms with Crippen LogP contribution < -0.4 is 4.90 Å². The minimum atomic E-state index is -1.02. The van der Waals surface area contributed by atoms with Gasteiger partial charge in [0.05, 0.1) is 0 Å². The Kier molecular flexibility index (Phi) is 2.75. The lowest BCUT2D eigenvalue weighted by Crippen LogP contribution is -2.43. The Bertz CT molecular complexity index is 641. The molecule has 6 nitrogen and oxygen atoms in total. The van der Waals surface area contributed by atoms with Crippen LogP contribution in [0.4, 0.5) is 5.69 Å². The van der Waals surface area contributed by atoms with Crippen molar-refractivity contribution >= 4 is 29.1 Å². The molecule has 1 aliphatic rings. The maximum atomic E-state index is 12.4. The number of carbonyl (C=O) groups excluding carboxylic acids is 1. The molecule has 0 bridgehead atoms. The molecule has 1 unspecified atom stereocenters. The van der Waals surface area contributed by atoms with Gasteiger partial charge in [-0.05, 0) is 23.2 Å². The molecule has 1 aliphatic heterocycles. The Hall–Kier alpha value is -2.28. The van der Waals surface area contributed by atoms with Gasteiger partial charge in [0, 0.05) is 17.5 Å². The van der Waals surface area contributed by atoms with Crippen LogP contribution in [0.3, 0.4) is 0 Å². The fourth-order valence-corrected chi connectivity index (χ4v) is 2.65. The Balaban J connectivity index is 2.05. The van der Waals surface area contributed by atoms with Crippen LogP contribution in [0.25, 0.3) is 0 Å². The number of carboxylic acid groups (broad SMARTS) is 1. The number of hydrogen-bond donors (Lipinski definition) is 1. The monoisotopic (exact) mass is 275 g/mol. The largest absolute Gasteiger partial charge is 0.480 e. The van der Waals surface area contributed by atoms with Gasteiger partial charge in [-0.3, -0.25) is 9.69 Å². The molecule has 1 amide bonds. The number of carbonyl (C=O) groups is 2. The quantitative estimate of drug-likeness (QED) is 0.890. The second kappa shape index (κ2) is 4.43. The maximum Gasteiger partial charge on any atom is 0.327 e. The molecule has 0 spiro atoms. The third-order valence-electron chi connectivity index (χ3n) is 3.06. The molecule has 1 atom stereocenters. The highest BCUT2D eigenvalue weighted by atomic mass is 32.1. The van der Waals surface area contributed by atoms with Crippen LogP contribution in [-0.2, 0) is 11.2 Å². The molecule has 7 heteroatoms. The first-order valence-electron chi connectivity index (χ1n) is 5.60. The van der Waals surface area contributed by atoms with Crippen molar-refractivity contribution in [1.29, 1.82) is 0 Å². The third-order valence-corrected chi connectivity index (χ3v) is 3.56. The summed E-state index contributed by atoms with van der Waals surface area (Å²) < 4.78 is 3.64. The zero-order valence-corrected chi connectivity index (χ0v) is 10.5. The molecule has 2 aromatic rings. The van der Waals surface area contributed by atoms with Crippen molar-refractivity contribution in [3.05, 3.63) is 40.9 Å². The molecule has 0 fully saturated rings. The highest BCUT2D eigenvalue weighted by Crippen LogP contribution is 2.33. The number of amides is 1. The van der Waals surface area contributed by atoms with Crippen LogP contribution in [0.2, 0.25) is 0 Å². The van der Waals surface area contributed by atoms with Crippen molar-refractivity contribution in [2.75, 3.05) is 4.90 Å². The lowest BCUT2D eigenvalue weighted by molar-refractivity contribution is -0.138. The van der Waals surface area contributed by atoms with E-state index in [1.54, 1.807) is 12.1 Å². The number of nitrogens with zero attached hydrogens (tertiary/aromatic N) is 3.